The van der Waals surface area contributed by atoms with Gasteiger partial charge in [0.15, 0.2) is 0 Å². The highest BCUT2D eigenvalue weighted by molar-refractivity contribution is 5.79. The summed E-state index contributed by atoms with van der Waals surface area (Å²) in [6.07, 6.45) is 3.25. The number of rotatable bonds is 3. The summed E-state index contributed by atoms with van der Waals surface area (Å²) in [5.41, 5.74) is 5.43. The van der Waals surface area contributed by atoms with Crippen LogP contribution in [0.25, 0.3) is 0 Å². The van der Waals surface area contributed by atoms with Crippen molar-refractivity contribution in [3.8, 4) is 0 Å². The second-order valence-electron chi connectivity index (χ2n) is 4.31. The average Bonchev–Trinajstić information content (AvgIpc) is 2.78. The summed E-state index contributed by atoms with van der Waals surface area (Å²) in [6.45, 7) is 2.89. The Kier molecular flexibility index (Phi) is 3.98. The van der Waals surface area contributed by atoms with Crippen molar-refractivity contribution >= 4 is 5.96 Å². The minimum Gasteiger partial charge on any atom is -0.349 e. The molecule has 0 amide bonds. The normalized spacial score (nSPS) is 18.9. The van der Waals surface area contributed by atoms with E-state index >= 15 is 0 Å². The molecule has 0 saturated carbocycles. The predicted octanol–water partition coefficient (Wildman–Crippen LogP) is 1.49. The maximum Gasteiger partial charge on any atom is 0.206 e. The first-order valence-electron chi connectivity index (χ1n) is 6.20. The fourth-order valence-electron chi connectivity index (χ4n) is 2.23. The first-order chi connectivity index (χ1) is 8.35. The van der Waals surface area contributed by atoms with Gasteiger partial charge >= 0.3 is 0 Å². The van der Waals surface area contributed by atoms with Crippen LogP contribution in [0.1, 0.15) is 36.9 Å². The van der Waals surface area contributed by atoms with Crippen LogP contribution in [0.4, 0.5) is 0 Å². The van der Waals surface area contributed by atoms with Gasteiger partial charge in [-0.15, -0.1) is 0 Å². The van der Waals surface area contributed by atoms with Crippen LogP contribution in [0.15, 0.2) is 29.3 Å². The lowest BCUT2D eigenvalue weighted by molar-refractivity contribution is 0.622. The van der Waals surface area contributed by atoms with Crippen LogP contribution in [0, 0.1) is 0 Å². The van der Waals surface area contributed by atoms with E-state index in [-0.39, 0.29) is 0 Å². The summed E-state index contributed by atoms with van der Waals surface area (Å²) in [7, 11) is 0. The van der Waals surface area contributed by atoms with Crippen LogP contribution >= 0.6 is 0 Å². The molecule has 4 nitrogen and oxygen atoms in total. The quantitative estimate of drug-likeness (QED) is 0.320. The van der Waals surface area contributed by atoms with Crippen molar-refractivity contribution in [1.82, 2.24) is 10.7 Å². The van der Waals surface area contributed by atoms with Gasteiger partial charge < -0.3 is 5.32 Å². The molecule has 4 N–H and O–H groups in total. The molecule has 1 aliphatic carbocycles. The number of hydrazine groups is 1. The topological polar surface area (TPSA) is 62.4 Å². The summed E-state index contributed by atoms with van der Waals surface area (Å²) in [4.78, 5) is 4.37. The number of aryl methyl sites for hydroxylation is 1. The second-order valence-corrected chi connectivity index (χ2v) is 4.31. The summed E-state index contributed by atoms with van der Waals surface area (Å²) >= 11 is 0. The van der Waals surface area contributed by atoms with Crippen LogP contribution in [0.5, 0.6) is 0 Å². The standard InChI is InChI=1S/C13H20N4/c1-2-9-15-13(17-14)16-12-8-7-10-5-3-4-6-11(10)12/h3-6,12H,2,7-9,14H2,1H3,(H2,15,16,17). The highest BCUT2D eigenvalue weighted by Crippen LogP contribution is 2.30. The molecule has 0 radical (unpaired) electrons. The molecule has 17 heavy (non-hydrogen) atoms. The number of benzene rings is 1. The smallest absolute Gasteiger partial charge is 0.206 e. The Bertz CT molecular complexity index is 400. The monoisotopic (exact) mass is 232 g/mol. The van der Waals surface area contributed by atoms with E-state index in [4.69, 9.17) is 5.84 Å². The summed E-state index contributed by atoms with van der Waals surface area (Å²) in [6, 6.07) is 8.87. The molecule has 0 aromatic heterocycles. The van der Waals surface area contributed by atoms with E-state index in [1.54, 1.807) is 0 Å². The molecular weight excluding hydrogens is 212 g/mol. The lowest BCUT2D eigenvalue weighted by Gasteiger charge is -2.16. The highest BCUT2D eigenvalue weighted by Gasteiger charge is 2.22. The Hall–Kier alpha value is -1.55. The van der Waals surface area contributed by atoms with Crippen molar-refractivity contribution in [2.45, 2.75) is 32.2 Å². The number of hydrogen-bond donors (Lipinski definition) is 3. The Balaban J connectivity index is 2.05. The van der Waals surface area contributed by atoms with Crippen molar-refractivity contribution in [3.63, 3.8) is 0 Å². The molecule has 1 atom stereocenters. The molecule has 2 rings (SSSR count). The van der Waals surface area contributed by atoms with E-state index in [0.29, 0.717) is 12.0 Å². The second kappa shape index (κ2) is 5.68. The molecule has 0 spiro atoms. The molecule has 0 fully saturated rings. The molecule has 0 heterocycles. The Morgan fingerprint density at radius 1 is 1.47 bits per heavy atom. The Morgan fingerprint density at radius 2 is 2.29 bits per heavy atom. The molecule has 4 heteroatoms. The van der Waals surface area contributed by atoms with Crippen molar-refractivity contribution in [3.05, 3.63) is 35.4 Å². The first kappa shape index (κ1) is 11.9. The van der Waals surface area contributed by atoms with Gasteiger partial charge in [-0.1, -0.05) is 31.2 Å². The van der Waals surface area contributed by atoms with Gasteiger partial charge in [0.05, 0.1) is 6.04 Å². The first-order valence-corrected chi connectivity index (χ1v) is 6.20. The van der Waals surface area contributed by atoms with Gasteiger partial charge in [-0.25, -0.2) is 5.84 Å². The van der Waals surface area contributed by atoms with Crippen LogP contribution in [-0.2, 0) is 6.42 Å². The third-order valence-corrected chi connectivity index (χ3v) is 3.07. The predicted molar refractivity (Wildman–Crippen MR) is 70.6 cm³/mol. The largest absolute Gasteiger partial charge is 0.349 e. The molecule has 1 aromatic rings. The number of guanidine groups is 1. The van der Waals surface area contributed by atoms with Crippen molar-refractivity contribution in [2.24, 2.45) is 10.8 Å². The van der Waals surface area contributed by atoms with E-state index in [0.717, 1.165) is 25.8 Å². The molecule has 0 saturated heterocycles. The molecular formula is C13H20N4. The van der Waals surface area contributed by atoms with Crippen molar-refractivity contribution in [1.29, 1.82) is 0 Å². The minimum absolute atomic E-state index is 0.331. The zero-order chi connectivity index (χ0) is 12.1. The summed E-state index contributed by atoms with van der Waals surface area (Å²) in [5, 5.41) is 3.37. The van der Waals surface area contributed by atoms with Crippen molar-refractivity contribution < 1.29 is 0 Å². The van der Waals surface area contributed by atoms with Gasteiger partial charge in [-0.05, 0) is 30.4 Å². The number of nitrogens with two attached hydrogens (primary N) is 1. The third kappa shape index (κ3) is 2.77. The van der Waals surface area contributed by atoms with Crippen LogP contribution in [-0.4, -0.2) is 12.5 Å². The highest BCUT2D eigenvalue weighted by atomic mass is 15.3. The molecule has 1 unspecified atom stereocenters. The molecule has 1 aromatic carbocycles. The zero-order valence-electron chi connectivity index (χ0n) is 10.2. The average molecular weight is 232 g/mol. The third-order valence-electron chi connectivity index (χ3n) is 3.07. The SMILES string of the molecule is CCCN=C(NN)NC1CCc2ccccc21. The Morgan fingerprint density at radius 3 is 3.06 bits per heavy atom. The number of fused-ring (bicyclic) bond motifs is 1. The number of nitrogens with one attached hydrogen (secondary N) is 2. The van der Waals surface area contributed by atoms with Crippen molar-refractivity contribution in [2.75, 3.05) is 6.54 Å². The van der Waals surface area contributed by atoms with Gasteiger partial charge in [0.25, 0.3) is 0 Å². The van der Waals surface area contributed by atoms with Gasteiger partial charge in [-0.2, -0.15) is 0 Å². The number of nitrogens with zero attached hydrogens (tertiary/aromatic N) is 1. The molecule has 1 aliphatic rings. The van der Waals surface area contributed by atoms with Crippen LogP contribution in [0.2, 0.25) is 0 Å². The van der Waals surface area contributed by atoms with E-state index < -0.39 is 0 Å². The maximum atomic E-state index is 5.47. The summed E-state index contributed by atoms with van der Waals surface area (Å²) in [5.74, 6) is 6.16. The van der Waals surface area contributed by atoms with E-state index in [2.05, 4.69) is 46.9 Å². The maximum absolute atomic E-state index is 5.47. The van der Waals surface area contributed by atoms with Gasteiger partial charge in [0.1, 0.15) is 0 Å². The number of hydrogen-bond acceptors (Lipinski definition) is 2. The lowest BCUT2D eigenvalue weighted by atomic mass is 10.1. The molecule has 0 bridgehead atoms. The fourth-order valence-corrected chi connectivity index (χ4v) is 2.23. The molecule has 92 valence electrons. The van der Waals surface area contributed by atoms with Crippen LogP contribution in [0.3, 0.4) is 0 Å². The number of aliphatic imine (C=N–C) groups is 1. The van der Waals surface area contributed by atoms with Gasteiger partial charge in [0.2, 0.25) is 5.96 Å². The van der Waals surface area contributed by atoms with E-state index in [1.165, 1.54) is 11.1 Å². The lowest BCUT2D eigenvalue weighted by Crippen LogP contribution is -2.43. The minimum atomic E-state index is 0.331. The van der Waals surface area contributed by atoms with Gasteiger partial charge in [0, 0.05) is 6.54 Å². The summed E-state index contributed by atoms with van der Waals surface area (Å²) < 4.78 is 0. The van der Waals surface area contributed by atoms with E-state index in [9.17, 15) is 0 Å². The van der Waals surface area contributed by atoms with Gasteiger partial charge in [-0.3, -0.25) is 10.4 Å². The van der Waals surface area contributed by atoms with E-state index in [1.807, 2.05) is 0 Å². The molecule has 0 aliphatic heterocycles. The Labute approximate surface area is 102 Å². The fraction of sp³-hybridized carbons (Fsp3) is 0.462. The van der Waals surface area contributed by atoms with Crippen LogP contribution < -0.4 is 16.6 Å². The zero-order valence-corrected chi connectivity index (χ0v) is 10.2.